The van der Waals surface area contributed by atoms with Gasteiger partial charge in [-0.2, -0.15) is 0 Å². The predicted molar refractivity (Wildman–Crippen MR) is 166 cm³/mol. The number of imidazole rings is 1. The number of hydrogen-bond donors (Lipinski definition) is 1. The van der Waals surface area contributed by atoms with Gasteiger partial charge in [-0.05, 0) is 34.3 Å². The number of anilines is 3. The molecule has 0 spiro atoms. The minimum atomic E-state index is -0.553. The van der Waals surface area contributed by atoms with E-state index in [1.807, 2.05) is 26.4 Å². The molecule has 2 fully saturated rings. The number of piperazine rings is 1. The molecule has 1 unspecified atom stereocenters. The summed E-state index contributed by atoms with van der Waals surface area (Å²) in [5.74, 6) is 1.53. The quantitative estimate of drug-likeness (QED) is 0.394. The second-order valence-corrected chi connectivity index (χ2v) is 12.6. The minimum Gasteiger partial charge on any atom is -0.378 e. The smallest absolute Gasteiger partial charge is 0.242 e. The van der Waals surface area contributed by atoms with Gasteiger partial charge in [0.1, 0.15) is 17.3 Å². The second kappa shape index (κ2) is 12.0. The molecular weight excluding hydrogens is 593 g/mol. The van der Waals surface area contributed by atoms with E-state index in [0.29, 0.717) is 36.2 Å². The Morgan fingerprint density at radius 3 is 2.38 bits per heavy atom. The van der Waals surface area contributed by atoms with Crippen LogP contribution in [0.3, 0.4) is 0 Å². The van der Waals surface area contributed by atoms with Crippen molar-refractivity contribution in [3.05, 3.63) is 57.9 Å². The van der Waals surface area contributed by atoms with Crippen LogP contribution in [0.15, 0.2) is 42.1 Å². The van der Waals surface area contributed by atoms with Gasteiger partial charge in [-0.25, -0.2) is 4.98 Å². The number of aromatic nitrogens is 3. The average Bonchev–Trinajstić information content (AvgIpc) is 3.34. The number of carbonyl (C=O) groups is 1. The molecule has 1 aromatic carbocycles. The zero-order chi connectivity index (χ0) is 27.6. The molecule has 1 amide bonds. The summed E-state index contributed by atoms with van der Waals surface area (Å²) < 4.78 is 7.43. The van der Waals surface area contributed by atoms with Crippen molar-refractivity contribution in [2.45, 2.75) is 0 Å². The summed E-state index contributed by atoms with van der Waals surface area (Å²) in [5, 5.41) is 6.31. The van der Waals surface area contributed by atoms with Gasteiger partial charge < -0.3 is 24.8 Å². The lowest BCUT2D eigenvalue weighted by Crippen LogP contribution is -2.50. The number of hydrogen-bond acceptors (Lipinski definition) is 7. The van der Waals surface area contributed by atoms with Crippen LogP contribution >= 0.6 is 43.6 Å². The number of morpholine rings is 1. The van der Waals surface area contributed by atoms with Crippen LogP contribution in [-0.2, 0) is 9.53 Å². The summed E-state index contributed by atoms with van der Waals surface area (Å²) in [6.07, 6.45) is 5.09. The van der Waals surface area contributed by atoms with Crippen molar-refractivity contribution in [3.63, 3.8) is 0 Å². The van der Waals surface area contributed by atoms with Gasteiger partial charge in [0, 0.05) is 62.9 Å². The molecule has 13 heteroatoms. The Morgan fingerprint density at radius 1 is 0.975 bits per heavy atom. The Labute approximate surface area is 249 Å². The van der Waals surface area contributed by atoms with Crippen molar-refractivity contribution in [2.75, 3.05) is 74.1 Å². The van der Waals surface area contributed by atoms with Crippen molar-refractivity contribution >= 4 is 78.2 Å². The van der Waals surface area contributed by atoms with Crippen molar-refractivity contribution < 1.29 is 9.53 Å². The molecule has 0 radical (unpaired) electrons. The van der Waals surface area contributed by atoms with E-state index < -0.39 is 9.70 Å². The van der Waals surface area contributed by atoms with E-state index in [4.69, 9.17) is 43.6 Å². The maximum Gasteiger partial charge on any atom is 0.242 e. The van der Waals surface area contributed by atoms with Crippen LogP contribution in [0.5, 0.6) is 0 Å². The highest BCUT2D eigenvalue weighted by Gasteiger charge is 2.25. The van der Waals surface area contributed by atoms with Crippen LogP contribution in [0.1, 0.15) is 5.82 Å². The molecule has 3 aliphatic heterocycles. The highest BCUT2D eigenvalue weighted by molar-refractivity contribution is 8.36. The van der Waals surface area contributed by atoms with Crippen LogP contribution in [0.2, 0.25) is 10.0 Å². The summed E-state index contributed by atoms with van der Waals surface area (Å²) >= 11 is 12.7. The Morgan fingerprint density at radius 2 is 1.68 bits per heavy atom. The summed E-state index contributed by atoms with van der Waals surface area (Å²) in [5.41, 5.74) is 5.58. The van der Waals surface area contributed by atoms with Crippen LogP contribution in [0, 0.1) is 0 Å². The highest BCUT2D eigenvalue weighted by atomic mass is 35.7. The zero-order valence-electron chi connectivity index (χ0n) is 21.6. The molecule has 1 N–H and O–H groups in total. The third-order valence-corrected chi connectivity index (χ3v) is 9.10. The van der Waals surface area contributed by atoms with Crippen LogP contribution in [0.4, 0.5) is 17.2 Å². The molecule has 2 saturated heterocycles. The monoisotopic (exact) mass is 619 g/mol. The van der Waals surface area contributed by atoms with E-state index in [2.05, 4.69) is 44.4 Å². The lowest BCUT2D eigenvalue weighted by Gasteiger charge is -2.36. The van der Waals surface area contributed by atoms with Gasteiger partial charge in [0.25, 0.3) is 0 Å². The fourth-order valence-electron chi connectivity index (χ4n) is 5.12. The molecular formula is C27H28Cl3N7O2S. The Hall–Kier alpha value is -2.76. The average molecular weight is 621 g/mol. The van der Waals surface area contributed by atoms with Gasteiger partial charge in [-0.3, -0.25) is 14.3 Å². The topological polar surface area (TPSA) is 78.8 Å². The maximum absolute atomic E-state index is 13.3. The molecule has 2 aromatic heterocycles. The number of ether oxygens (including phenoxy) is 1. The fourth-order valence-corrected chi connectivity index (χ4v) is 6.85. The Kier molecular flexibility index (Phi) is 8.22. The van der Waals surface area contributed by atoms with E-state index in [1.54, 1.807) is 12.4 Å². The van der Waals surface area contributed by atoms with E-state index in [0.717, 1.165) is 60.6 Å². The highest BCUT2D eigenvalue weighted by Crippen LogP contribution is 2.35. The molecule has 210 valence electrons. The SMILES string of the molecule is O=C(CNc1c(-c2ccc(N3CCOCC3)cc2)nc2n1C=S(Cl)C=C2)N1CCN(c2c(Cl)cncc2Cl)CC1. The van der Waals surface area contributed by atoms with E-state index >= 15 is 0 Å². The van der Waals surface area contributed by atoms with Crippen molar-refractivity contribution in [1.29, 1.82) is 0 Å². The van der Waals surface area contributed by atoms with Crippen molar-refractivity contribution in [1.82, 2.24) is 19.4 Å². The summed E-state index contributed by atoms with van der Waals surface area (Å²) in [4.78, 5) is 28.4. The van der Waals surface area contributed by atoms with Gasteiger partial charge >= 0.3 is 0 Å². The van der Waals surface area contributed by atoms with Gasteiger partial charge in [-0.1, -0.05) is 45.0 Å². The molecule has 9 nitrogen and oxygen atoms in total. The maximum atomic E-state index is 13.3. The first-order valence-electron chi connectivity index (χ1n) is 13.0. The minimum absolute atomic E-state index is 0.00645. The van der Waals surface area contributed by atoms with Crippen LogP contribution in [0.25, 0.3) is 17.3 Å². The Bertz CT molecular complexity index is 1440. The summed E-state index contributed by atoms with van der Waals surface area (Å²) in [6, 6.07) is 8.37. The van der Waals surface area contributed by atoms with Crippen molar-refractivity contribution in [2.24, 2.45) is 0 Å². The van der Waals surface area contributed by atoms with Gasteiger partial charge in [0.15, 0.2) is 0 Å². The number of benzene rings is 1. The Balaban J connectivity index is 1.16. The molecule has 3 aliphatic rings. The second-order valence-electron chi connectivity index (χ2n) is 9.58. The number of pyridine rings is 1. The predicted octanol–water partition coefficient (Wildman–Crippen LogP) is 4.86. The van der Waals surface area contributed by atoms with Gasteiger partial charge in [0.2, 0.25) is 5.91 Å². The molecule has 0 saturated carbocycles. The first kappa shape index (κ1) is 27.4. The first-order chi connectivity index (χ1) is 19.5. The normalized spacial score (nSPS) is 18.9. The molecule has 6 rings (SSSR count). The number of halogens is 3. The summed E-state index contributed by atoms with van der Waals surface area (Å²) in [6.45, 7) is 5.75. The zero-order valence-corrected chi connectivity index (χ0v) is 24.7. The molecule has 40 heavy (non-hydrogen) atoms. The number of carbonyl (C=O) groups excluding carboxylic acids is 1. The fraction of sp³-hybridized carbons (Fsp3) is 0.333. The van der Waals surface area contributed by atoms with E-state index in [-0.39, 0.29) is 12.5 Å². The van der Waals surface area contributed by atoms with Gasteiger partial charge in [-0.15, -0.1) is 0 Å². The lowest BCUT2D eigenvalue weighted by molar-refractivity contribution is -0.129. The lowest BCUT2D eigenvalue weighted by atomic mass is 10.1. The first-order valence-corrected chi connectivity index (χ1v) is 15.9. The molecule has 1 atom stereocenters. The largest absolute Gasteiger partial charge is 0.378 e. The molecule has 0 bridgehead atoms. The van der Waals surface area contributed by atoms with Gasteiger partial charge in [0.05, 0.1) is 41.0 Å². The number of amides is 1. The summed E-state index contributed by atoms with van der Waals surface area (Å²) in [7, 11) is 5.89. The third kappa shape index (κ3) is 5.69. The van der Waals surface area contributed by atoms with Crippen LogP contribution < -0.4 is 15.1 Å². The van der Waals surface area contributed by atoms with E-state index in [9.17, 15) is 4.79 Å². The molecule has 3 aromatic rings. The van der Waals surface area contributed by atoms with Crippen molar-refractivity contribution in [3.8, 4) is 11.3 Å². The number of nitrogens with one attached hydrogen (secondary N) is 1. The molecule has 5 heterocycles. The number of fused-ring (bicyclic) bond motifs is 1. The van der Waals surface area contributed by atoms with Crippen LogP contribution in [-0.4, -0.2) is 89.9 Å². The molecule has 0 aliphatic carbocycles. The third-order valence-electron chi connectivity index (χ3n) is 7.19. The number of nitrogens with zero attached hydrogens (tertiary/aromatic N) is 6. The number of rotatable bonds is 6. The van der Waals surface area contributed by atoms with E-state index in [1.165, 1.54) is 0 Å². The standard InChI is InChI=1S/C27H28Cl3N7O2S/c28-21-15-31-16-22(29)26(21)36-8-6-35(7-9-36)24(38)17-32-27-25(33-23-5-14-40(30)18-37(23)27)19-1-3-20(4-2-19)34-10-12-39-13-11-34/h1-5,14-16,18,32H,6-13,17H2.